The van der Waals surface area contributed by atoms with Crippen LogP contribution in [-0.4, -0.2) is 46.6 Å². The van der Waals surface area contributed by atoms with Crippen molar-refractivity contribution in [1.29, 1.82) is 0 Å². The summed E-state index contributed by atoms with van der Waals surface area (Å²) in [6.07, 6.45) is 1.75. The second-order valence-corrected chi connectivity index (χ2v) is 6.32. The van der Waals surface area contributed by atoms with Crippen molar-refractivity contribution in [3.63, 3.8) is 0 Å². The van der Waals surface area contributed by atoms with Crippen molar-refractivity contribution < 1.29 is 14.3 Å². The number of carbonyl (C=O) groups excluding carboxylic acids is 2. The molecule has 8 nitrogen and oxygen atoms in total. The summed E-state index contributed by atoms with van der Waals surface area (Å²) >= 11 is 1.49. The highest BCUT2D eigenvalue weighted by atomic mass is 32.2. The highest BCUT2D eigenvalue weighted by Crippen LogP contribution is 2.34. The first-order valence-electron chi connectivity index (χ1n) is 7.41. The number of hydrogen-bond acceptors (Lipinski definition) is 6. The first-order chi connectivity index (χ1) is 11.7. The van der Waals surface area contributed by atoms with Crippen molar-refractivity contribution in [2.24, 2.45) is 0 Å². The lowest BCUT2D eigenvalue weighted by atomic mass is 9.89. The minimum absolute atomic E-state index is 0.127. The van der Waals surface area contributed by atoms with Crippen molar-refractivity contribution in [2.45, 2.75) is 17.4 Å². The number of ether oxygens (including phenoxy) is 1. The molecule has 1 aliphatic heterocycles. The van der Waals surface area contributed by atoms with Crippen LogP contribution in [0.1, 0.15) is 17.9 Å². The Bertz CT molecular complexity index is 735. The number of H-pyrrole nitrogens is 1. The van der Waals surface area contributed by atoms with E-state index in [1.807, 2.05) is 0 Å². The van der Waals surface area contributed by atoms with Crippen molar-refractivity contribution in [1.82, 2.24) is 20.7 Å². The Balaban J connectivity index is 1.63. The number of nitrogens with zero attached hydrogens (tertiary/aromatic N) is 2. The van der Waals surface area contributed by atoms with E-state index in [9.17, 15) is 9.59 Å². The molecule has 2 heterocycles. The predicted octanol–water partition coefficient (Wildman–Crippen LogP) is 1.15. The maximum atomic E-state index is 12.5. The molecule has 1 atom stereocenters. The number of carbonyl (C=O) groups is 2. The fourth-order valence-electron chi connectivity index (χ4n) is 2.51. The van der Waals surface area contributed by atoms with Crippen LogP contribution in [0.4, 0.5) is 5.69 Å². The highest BCUT2D eigenvalue weighted by Gasteiger charge is 2.30. The lowest BCUT2D eigenvalue weighted by Crippen LogP contribution is -2.36. The Kier molecular flexibility index (Phi) is 4.99. The van der Waals surface area contributed by atoms with Crippen LogP contribution in [0.5, 0.6) is 5.75 Å². The average molecular weight is 347 g/mol. The van der Waals surface area contributed by atoms with Gasteiger partial charge in [-0.05, 0) is 23.8 Å². The summed E-state index contributed by atoms with van der Waals surface area (Å²) in [6.45, 7) is 0.480. The topological polar surface area (TPSA) is 109 Å². The van der Waals surface area contributed by atoms with Crippen LogP contribution in [0.3, 0.4) is 0 Å². The number of hydrogen-bond donors (Lipinski definition) is 3. The molecule has 3 rings (SSSR count). The molecular weight excluding hydrogens is 330 g/mol. The molecule has 24 heavy (non-hydrogen) atoms. The van der Waals surface area contributed by atoms with E-state index in [-0.39, 0.29) is 18.2 Å². The van der Waals surface area contributed by atoms with Crippen molar-refractivity contribution in [2.75, 3.05) is 24.7 Å². The lowest BCUT2D eigenvalue weighted by Gasteiger charge is -2.25. The molecule has 0 unspecified atom stereocenters. The highest BCUT2D eigenvalue weighted by molar-refractivity contribution is 7.99. The van der Waals surface area contributed by atoms with Crippen LogP contribution < -0.4 is 15.4 Å². The van der Waals surface area contributed by atoms with Gasteiger partial charge in [-0.15, -0.1) is 16.9 Å². The van der Waals surface area contributed by atoms with Gasteiger partial charge in [-0.2, -0.15) is 10.3 Å². The number of methoxy groups -OCH3 is 1. The number of fused-ring (bicyclic) bond motifs is 1. The normalized spacial score (nSPS) is 16.2. The predicted molar refractivity (Wildman–Crippen MR) is 89.1 cm³/mol. The third kappa shape index (κ3) is 3.67. The van der Waals surface area contributed by atoms with Crippen molar-refractivity contribution in [3.05, 3.63) is 30.0 Å². The first kappa shape index (κ1) is 16.3. The minimum Gasteiger partial charge on any atom is -0.497 e. The van der Waals surface area contributed by atoms with E-state index in [4.69, 9.17) is 4.74 Å². The van der Waals surface area contributed by atoms with Crippen LogP contribution in [0, 0.1) is 0 Å². The van der Waals surface area contributed by atoms with Crippen LogP contribution in [0.2, 0.25) is 0 Å². The number of nitrogens with one attached hydrogen (secondary N) is 3. The molecule has 1 aromatic heterocycles. The lowest BCUT2D eigenvalue weighted by molar-refractivity contribution is -0.126. The van der Waals surface area contributed by atoms with Gasteiger partial charge in [0.1, 0.15) is 10.8 Å². The molecule has 0 bridgehead atoms. The van der Waals surface area contributed by atoms with Crippen LogP contribution >= 0.6 is 11.8 Å². The van der Waals surface area contributed by atoms with E-state index in [0.717, 1.165) is 10.6 Å². The molecule has 9 heteroatoms. The van der Waals surface area contributed by atoms with Gasteiger partial charge in [0.05, 0.1) is 19.2 Å². The largest absolute Gasteiger partial charge is 0.497 e. The molecule has 2 amide bonds. The van der Waals surface area contributed by atoms with E-state index in [1.165, 1.54) is 11.8 Å². The van der Waals surface area contributed by atoms with Gasteiger partial charge in [0.2, 0.25) is 11.8 Å². The summed E-state index contributed by atoms with van der Waals surface area (Å²) in [4.78, 5) is 24.3. The molecular formula is C15H17N5O3S. The maximum Gasteiger partial charge on any atom is 0.228 e. The summed E-state index contributed by atoms with van der Waals surface area (Å²) < 4.78 is 5.21. The smallest absolute Gasteiger partial charge is 0.228 e. The molecule has 2 aromatic rings. The molecule has 0 saturated carbocycles. The van der Waals surface area contributed by atoms with E-state index in [0.29, 0.717) is 23.7 Å². The summed E-state index contributed by atoms with van der Waals surface area (Å²) in [7, 11) is 1.57. The summed E-state index contributed by atoms with van der Waals surface area (Å²) in [5.41, 5.74) is 1.43. The number of rotatable bonds is 6. The number of aromatic amines is 1. The number of amides is 2. The van der Waals surface area contributed by atoms with Gasteiger partial charge in [-0.25, -0.2) is 0 Å². The van der Waals surface area contributed by atoms with Gasteiger partial charge >= 0.3 is 0 Å². The fourth-order valence-corrected chi connectivity index (χ4v) is 3.16. The van der Waals surface area contributed by atoms with E-state index in [2.05, 4.69) is 26.0 Å². The SMILES string of the molecule is COc1ccc2c(c1)[C@H](C(=O)NCCSc1cn[nH]n1)CC(=O)N2. The number of aromatic nitrogens is 3. The number of anilines is 1. The molecule has 0 saturated heterocycles. The molecule has 0 fully saturated rings. The maximum absolute atomic E-state index is 12.5. The minimum atomic E-state index is -0.513. The van der Waals surface area contributed by atoms with E-state index < -0.39 is 5.92 Å². The second-order valence-electron chi connectivity index (χ2n) is 5.21. The number of thioether (sulfide) groups is 1. The van der Waals surface area contributed by atoms with Gasteiger partial charge in [0.15, 0.2) is 0 Å². The molecule has 126 valence electrons. The Morgan fingerprint density at radius 3 is 3.12 bits per heavy atom. The zero-order valence-electron chi connectivity index (χ0n) is 13.0. The molecule has 0 aliphatic carbocycles. The molecule has 0 radical (unpaired) electrons. The van der Waals surface area contributed by atoms with Crippen molar-refractivity contribution >= 4 is 29.3 Å². The van der Waals surface area contributed by atoms with Crippen LogP contribution in [-0.2, 0) is 9.59 Å². The summed E-state index contributed by atoms with van der Waals surface area (Å²) in [5.74, 6) is 0.484. The fraction of sp³-hybridized carbons (Fsp3) is 0.333. The summed E-state index contributed by atoms with van der Waals surface area (Å²) in [6, 6.07) is 5.31. The van der Waals surface area contributed by atoms with Gasteiger partial charge < -0.3 is 15.4 Å². The van der Waals surface area contributed by atoms with Crippen LogP contribution in [0.15, 0.2) is 29.4 Å². The summed E-state index contributed by atoms with van der Waals surface area (Å²) in [5, 5.41) is 16.6. The first-order valence-corrected chi connectivity index (χ1v) is 8.40. The second kappa shape index (κ2) is 7.35. The molecule has 0 spiro atoms. The van der Waals surface area contributed by atoms with E-state index in [1.54, 1.807) is 31.5 Å². The van der Waals surface area contributed by atoms with Crippen molar-refractivity contribution in [3.8, 4) is 5.75 Å². The Morgan fingerprint density at radius 2 is 2.38 bits per heavy atom. The van der Waals surface area contributed by atoms with Gasteiger partial charge in [0.25, 0.3) is 0 Å². The quantitative estimate of drug-likeness (QED) is 0.534. The Morgan fingerprint density at radius 1 is 1.50 bits per heavy atom. The average Bonchev–Trinajstić information content (AvgIpc) is 3.10. The number of benzene rings is 1. The molecule has 3 N–H and O–H groups in total. The van der Waals surface area contributed by atoms with E-state index >= 15 is 0 Å². The third-order valence-electron chi connectivity index (χ3n) is 3.66. The monoisotopic (exact) mass is 347 g/mol. The van der Waals surface area contributed by atoms with Gasteiger partial charge in [-0.1, -0.05) is 0 Å². The zero-order valence-corrected chi connectivity index (χ0v) is 13.9. The van der Waals surface area contributed by atoms with Crippen LogP contribution in [0.25, 0.3) is 0 Å². The third-order valence-corrected chi connectivity index (χ3v) is 4.56. The van der Waals surface area contributed by atoms with Gasteiger partial charge in [-0.3, -0.25) is 9.59 Å². The Hall–Kier alpha value is -2.55. The molecule has 1 aromatic carbocycles. The van der Waals surface area contributed by atoms with Gasteiger partial charge in [0, 0.05) is 24.4 Å². The Labute approximate surface area is 142 Å². The standard InChI is InChI=1S/C15H17N5O3S/c1-23-9-2-3-12-10(6-9)11(7-13(21)18-12)15(22)16-4-5-24-14-8-17-20-19-14/h2-3,6,8,11H,4-5,7H2,1H3,(H,16,22)(H,18,21)(H,17,19,20)/t11-/m1/s1. The molecule has 1 aliphatic rings. The zero-order chi connectivity index (χ0) is 16.9.